The summed E-state index contributed by atoms with van der Waals surface area (Å²) in [5.74, 6) is 0.642. The van der Waals surface area contributed by atoms with Gasteiger partial charge in [0.1, 0.15) is 0 Å². The van der Waals surface area contributed by atoms with Crippen LogP contribution in [0.5, 0.6) is 0 Å². The second kappa shape index (κ2) is 5.22. The molecule has 0 spiro atoms. The number of fused-ring (bicyclic) bond motifs is 1. The average Bonchev–Trinajstić information content (AvgIpc) is 2.92. The molecule has 5 nitrogen and oxygen atoms in total. The highest BCUT2D eigenvalue weighted by Gasteiger charge is 2.37. The molecule has 2 unspecified atom stereocenters. The third-order valence-corrected chi connectivity index (χ3v) is 5.11. The van der Waals surface area contributed by atoms with Crippen LogP contribution in [0.15, 0.2) is 18.2 Å². The normalized spacial score (nSPS) is 24.3. The summed E-state index contributed by atoms with van der Waals surface area (Å²) in [6.45, 7) is 8.57. The van der Waals surface area contributed by atoms with E-state index in [1.54, 1.807) is 12.1 Å². The zero-order valence-electron chi connectivity index (χ0n) is 12.6. The van der Waals surface area contributed by atoms with Crippen molar-refractivity contribution in [1.82, 2.24) is 4.67 Å². The highest BCUT2D eigenvalue weighted by atomic mass is 31.0. The Morgan fingerprint density at radius 2 is 2.24 bits per heavy atom. The van der Waals surface area contributed by atoms with Crippen molar-refractivity contribution in [2.45, 2.75) is 25.7 Å². The molecule has 1 aromatic carbocycles. The van der Waals surface area contributed by atoms with Gasteiger partial charge in [-0.15, -0.1) is 0 Å². The molecule has 21 heavy (non-hydrogen) atoms. The van der Waals surface area contributed by atoms with E-state index in [1.807, 2.05) is 6.07 Å². The molecule has 3 rings (SSSR count). The molecule has 0 N–H and O–H groups in total. The molecule has 0 bridgehead atoms. The van der Waals surface area contributed by atoms with Crippen molar-refractivity contribution >= 4 is 20.8 Å². The van der Waals surface area contributed by atoms with Gasteiger partial charge in [-0.2, -0.15) is 0 Å². The Morgan fingerprint density at radius 1 is 1.48 bits per heavy atom. The molecule has 2 atom stereocenters. The first-order chi connectivity index (χ1) is 9.87. The first-order valence-corrected chi connectivity index (χ1v) is 7.92. The maximum Gasteiger partial charge on any atom is 0.271 e. The number of rotatable bonds is 3. The lowest BCUT2D eigenvalue weighted by molar-refractivity contribution is -0.384. The van der Waals surface area contributed by atoms with Crippen molar-refractivity contribution in [1.29, 1.82) is 0 Å². The molecule has 6 heteroatoms. The summed E-state index contributed by atoms with van der Waals surface area (Å²) in [5, 5.41) is 11.0. The minimum atomic E-state index is -0.302. The van der Waals surface area contributed by atoms with Crippen LogP contribution in [0.1, 0.15) is 25.8 Å². The quantitative estimate of drug-likeness (QED) is 0.489. The van der Waals surface area contributed by atoms with Gasteiger partial charge >= 0.3 is 0 Å². The molecule has 1 saturated heterocycles. The molecule has 0 amide bonds. The zero-order chi connectivity index (χ0) is 15.2. The summed E-state index contributed by atoms with van der Waals surface area (Å²) in [4.78, 5) is 13.1. The number of hydrogen-bond acceptors (Lipinski definition) is 4. The van der Waals surface area contributed by atoms with E-state index in [0.29, 0.717) is 5.92 Å². The first kappa shape index (κ1) is 14.7. The van der Waals surface area contributed by atoms with Crippen molar-refractivity contribution in [3.8, 4) is 0 Å². The van der Waals surface area contributed by atoms with Crippen LogP contribution in [0.2, 0.25) is 0 Å². The second-order valence-electron chi connectivity index (χ2n) is 6.87. The number of nitro benzene ring substituents is 1. The molecule has 2 heterocycles. The van der Waals surface area contributed by atoms with Crippen LogP contribution < -0.4 is 4.90 Å². The predicted molar refractivity (Wildman–Crippen MR) is 87.7 cm³/mol. The molecule has 114 valence electrons. The van der Waals surface area contributed by atoms with Gasteiger partial charge < -0.3 is 4.90 Å². The van der Waals surface area contributed by atoms with Gasteiger partial charge in [0.25, 0.3) is 5.69 Å². The van der Waals surface area contributed by atoms with Crippen LogP contribution in [0.4, 0.5) is 11.4 Å². The highest BCUT2D eigenvalue weighted by molar-refractivity contribution is 7.13. The van der Waals surface area contributed by atoms with E-state index in [9.17, 15) is 10.1 Å². The first-order valence-electron chi connectivity index (χ1n) is 7.40. The summed E-state index contributed by atoms with van der Waals surface area (Å²) in [6, 6.07) is 5.31. The Balaban J connectivity index is 1.88. The molecule has 1 aromatic rings. The summed E-state index contributed by atoms with van der Waals surface area (Å²) in [7, 11) is 2.77. The number of hydrogen-bond donors (Lipinski definition) is 0. The summed E-state index contributed by atoms with van der Waals surface area (Å²) in [6.07, 6.45) is 1.20. The van der Waals surface area contributed by atoms with Gasteiger partial charge in [0.15, 0.2) is 0 Å². The second-order valence-corrected chi connectivity index (χ2v) is 7.60. The van der Waals surface area contributed by atoms with Gasteiger partial charge in [0.05, 0.1) is 4.92 Å². The van der Waals surface area contributed by atoms with Gasteiger partial charge in [-0.1, -0.05) is 23.2 Å². The molecular weight excluding hydrogens is 285 g/mol. The Kier molecular flexibility index (Phi) is 3.66. The number of nitro groups is 1. The summed E-state index contributed by atoms with van der Waals surface area (Å²) < 4.78 is 2.28. The molecule has 0 saturated carbocycles. The molecule has 1 fully saturated rings. The molecule has 0 aromatic heterocycles. The van der Waals surface area contributed by atoms with Crippen LogP contribution in [0.3, 0.4) is 0 Å². The third-order valence-electron chi connectivity index (χ3n) is 4.64. The van der Waals surface area contributed by atoms with E-state index >= 15 is 0 Å². The van der Waals surface area contributed by atoms with E-state index in [4.69, 9.17) is 0 Å². The van der Waals surface area contributed by atoms with Gasteiger partial charge in [-0.05, 0) is 24.0 Å². The van der Waals surface area contributed by atoms with E-state index in [1.165, 1.54) is 12.0 Å². The minimum absolute atomic E-state index is 0.0592. The number of non-ortho nitro benzene ring substituents is 1. The van der Waals surface area contributed by atoms with Crippen molar-refractivity contribution < 1.29 is 4.92 Å². The van der Waals surface area contributed by atoms with Gasteiger partial charge in [0.2, 0.25) is 0 Å². The number of benzene rings is 1. The van der Waals surface area contributed by atoms with E-state index in [2.05, 4.69) is 32.8 Å². The van der Waals surface area contributed by atoms with Gasteiger partial charge in [0, 0.05) is 49.4 Å². The molecule has 2 aliphatic rings. The fraction of sp³-hybridized carbons (Fsp3) is 0.600. The third kappa shape index (κ3) is 2.77. The SMILES string of the molecule is CC1(C)CN(CC2CCN(P)C2)c2cc([N+](=O)[O-])ccc21. The average molecular weight is 307 g/mol. The van der Waals surface area contributed by atoms with E-state index in [-0.39, 0.29) is 16.0 Å². The Hall–Kier alpha value is -1.19. The maximum absolute atomic E-state index is 11.0. The van der Waals surface area contributed by atoms with Gasteiger partial charge in [-0.25, -0.2) is 0 Å². The number of nitrogens with zero attached hydrogens (tertiary/aromatic N) is 3. The maximum atomic E-state index is 11.0. The monoisotopic (exact) mass is 307 g/mol. The van der Waals surface area contributed by atoms with Gasteiger partial charge in [-0.3, -0.25) is 14.8 Å². The fourth-order valence-corrected chi connectivity index (χ4v) is 4.05. The van der Waals surface area contributed by atoms with Crippen molar-refractivity contribution in [3.05, 3.63) is 33.9 Å². The standard InChI is InChI=1S/C15H22N3O2P/c1-15(2)10-16(8-11-5-6-17(21)9-11)14-7-12(18(19)20)3-4-13(14)15/h3-4,7,11H,5-6,8-10,21H2,1-2H3. The fourth-order valence-electron chi connectivity index (χ4n) is 3.60. The largest absolute Gasteiger partial charge is 0.370 e. The Morgan fingerprint density at radius 3 is 2.86 bits per heavy atom. The minimum Gasteiger partial charge on any atom is -0.370 e. The molecule has 0 radical (unpaired) electrons. The lowest BCUT2D eigenvalue weighted by Crippen LogP contribution is -2.33. The van der Waals surface area contributed by atoms with Crippen LogP contribution in [-0.4, -0.2) is 35.8 Å². The molecule has 2 aliphatic heterocycles. The van der Waals surface area contributed by atoms with Crippen LogP contribution >= 0.6 is 9.39 Å². The molecular formula is C15H22N3O2P. The topological polar surface area (TPSA) is 49.6 Å². The smallest absolute Gasteiger partial charge is 0.271 e. The zero-order valence-corrected chi connectivity index (χ0v) is 13.7. The molecule has 0 aliphatic carbocycles. The number of anilines is 1. The van der Waals surface area contributed by atoms with Crippen LogP contribution in [-0.2, 0) is 5.41 Å². The van der Waals surface area contributed by atoms with E-state index in [0.717, 1.165) is 31.9 Å². The Bertz CT molecular complexity index is 576. The van der Waals surface area contributed by atoms with Crippen molar-refractivity contribution in [2.75, 3.05) is 31.1 Å². The summed E-state index contributed by atoms with van der Waals surface area (Å²) >= 11 is 0. The van der Waals surface area contributed by atoms with E-state index < -0.39 is 0 Å². The highest BCUT2D eigenvalue weighted by Crippen LogP contribution is 2.42. The van der Waals surface area contributed by atoms with Crippen molar-refractivity contribution in [2.24, 2.45) is 5.92 Å². The lowest BCUT2D eigenvalue weighted by atomic mass is 9.87. The lowest BCUT2D eigenvalue weighted by Gasteiger charge is -2.25. The summed E-state index contributed by atoms with van der Waals surface area (Å²) in [5.41, 5.74) is 2.53. The Labute approximate surface area is 127 Å². The van der Waals surface area contributed by atoms with Crippen LogP contribution in [0, 0.1) is 16.0 Å². The van der Waals surface area contributed by atoms with Crippen LogP contribution in [0.25, 0.3) is 0 Å². The predicted octanol–water partition coefficient (Wildman–Crippen LogP) is 2.80. The van der Waals surface area contributed by atoms with Crippen molar-refractivity contribution in [3.63, 3.8) is 0 Å².